The van der Waals surface area contributed by atoms with Crippen LogP contribution in [0.1, 0.15) is 35.6 Å². The van der Waals surface area contributed by atoms with E-state index in [2.05, 4.69) is 58.8 Å². The predicted octanol–water partition coefficient (Wildman–Crippen LogP) is 7.51. The molecule has 0 saturated carbocycles. The number of rotatable bonds is 10. The average molecular weight is 574 g/mol. The number of hydrogen-bond acceptors (Lipinski definition) is 5. The highest BCUT2D eigenvalue weighted by Gasteiger charge is 2.42. The van der Waals surface area contributed by atoms with Gasteiger partial charge < -0.3 is 0 Å². The summed E-state index contributed by atoms with van der Waals surface area (Å²) in [5.41, 5.74) is 6.01. The van der Waals surface area contributed by atoms with E-state index in [1.54, 1.807) is 6.92 Å². The molecule has 0 bridgehead atoms. The van der Waals surface area contributed by atoms with Crippen molar-refractivity contribution in [1.29, 1.82) is 5.26 Å². The maximum Gasteiger partial charge on any atom is 0.184 e. The number of carbonyl (C=O) groups is 1. The van der Waals surface area contributed by atoms with Gasteiger partial charge in [-0.1, -0.05) is 146 Å². The van der Waals surface area contributed by atoms with Crippen molar-refractivity contribution < 1.29 is 4.79 Å². The minimum atomic E-state index is -0.863. The summed E-state index contributed by atoms with van der Waals surface area (Å²) >= 11 is 0. The van der Waals surface area contributed by atoms with E-state index < -0.39 is 11.5 Å². The van der Waals surface area contributed by atoms with Crippen molar-refractivity contribution in [1.82, 2.24) is 20.2 Å². The normalized spacial score (nSPS) is 11.9. The predicted molar refractivity (Wildman–Crippen MR) is 171 cm³/mol. The molecule has 1 atom stereocenters. The zero-order chi connectivity index (χ0) is 30.4. The molecule has 6 heteroatoms. The lowest BCUT2D eigenvalue weighted by atomic mass is 9.77. The number of benzene rings is 5. The van der Waals surface area contributed by atoms with Crippen LogP contribution in [0.15, 0.2) is 140 Å². The molecule has 1 aromatic heterocycles. The lowest BCUT2D eigenvalue weighted by Crippen LogP contribution is -2.39. The number of hydrogen-bond donors (Lipinski definition) is 0. The molecule has 214 valence electrons. The summed E-state index contributed by atoms with van der Waals surface area (Å²) in [6.07, 6.45) is 0.756. The first-order valence-corrected chi connectivity index (χ1v) is 14.7. The Hall–Kier alpha value is -5.67. The molecule has 5 aromatic carbocycles. The number of Topliss-reactive ketones (excluding diaryl/α,β-unsaturated/α-hetero) is 1. The van der Waals surface area contributed by atoms with Crippen LogP contribution in [0.25, 0.3) is 22.5 Å². The standard InChI is InChI=1S/C38H31N5O/c1-2-36(44)30(27-39)26-28-22-24-29(25-23-28)34-20-12-13-21-35(34)37-40-41-42-43(37)38(31-14-6-3-7-15-31,32-16-8-4-9-17-32)33-18-10-5-11-19-33/h3-25,30H,2,26H2,1H3. The van der Waals surface area contributed by atoms with Gasteiger partial charge in [-0.05, 0) is 50.2 Å². The Morgan fingerprint density at radius 2 is 1.23 bits per heavy atom. The van der Waals surface area contributed by atoms with Crippen LogP contribution < -0.4 is 0 Å². The second-order valence-electron chi connectivity index (χ2n) is 10.7. The minimum Gasteiger partial charge on any atom is -0.298 e. The molecule has 0 fully saturated rings. The highest BCUT2D eigenvalue weighted by Crippen LogP contribution is 2.43. The van der Waals surface area contributed by atoms with Gasteiger partial charge in [-0.3, -0.25) is 4.79 Å². The molecule has 6 aromatic rings. The molecule has 0 aliphatic heterocycles. The van der Waals surface area contributed by atoms with E-state index in [9.17, 15) is 10.1 Å². The highest BCUT2D eigenvalue weighted by atomic mass is 16.1. The van der Waals surface area contributed by atoms with Gasteiger partial charge in [-0.2, -0.15) is 5.26 Å². The van der Waals surface area contributed by atoms with E-state index in [0.29, 0.717) is 18.7 Å². The van der Waals surface area contributed by atoms with Gasteiger partial charge in [0.25, 0.3) is 0 Å². The number of carbonyl (C=O) groups excluding carboxylic acids is 1. The summed E-state index contributed by atoms with van der Waals surface area (Å²) in [5, 5.41) is 23.1. The van der Waals surface area contributed by atoms with E-state index >= 15 is 0 Å². The molecule has 0 saturated heterocycles. The number of aromatic nitrogens is 4. The fourth-order valence-electron chi connectivity index (χ4n) is 5.95. The molecular weight excluding hydrogens is 542 g/mol. The molecule has 0 aliphatic rings. The Morgan fingerprint density at radius 1 is 0.727 bits per heavy atom. The number of nitrogens with zero attached hydrogens (tertiary/aromatic N) is 5. The quantitative estimate of drug-likeness (QED) is 0.158. The average Bonchev–Trinajstić information content (AvgIpc) is 3.59. The third-order valence-corrected chi connectivity index (χ3v) is 8.13. The van der Waals surface area contributed by atoms with Crippen LogP contribution in [0.2, 0.25) is 0 Å². The van der Waals surface area contributed by atoms with Gasteiger partial charge in [0.1, 0.15) is 17.2 Å². The lowest BCUT2D eigenvalue weighted by molar-refractivity contribution is -0.120. The second kappa shape index (κ2) is 12.7. The Kier molecular flexibility index (Phi) is 8.20. The van der Waals surface area contributed by atoms with E-state index in [4.69, 9.17) is 5.21 Å². The van der Waals surface area contributed by atoms with Gasteiger partial charge in [-0.15, -0.1) is 5.10 Å². The number of tetrazole rings is 1. The Morgan fingerprint density at radius 3 is 1.73 bits per heavy atom. The molecule has 0 aliphatic carbocycles. The summed E-state index contributed by atoms with van der Waals surface area (Å²) in [6, 6.07) is 49.3. The lowest BCUT2D eigenvalue weighted by Gasteiger charge is -2.36. The summed E-state index contributed by atoms with van der Waals surface area (Å²) < 4.78 is 1.94. The van der Waals surface area contributed by atoms with Crippen molar-refractivity contribution in [2.24, 2.45) is 5.92 Å². The summed E-state index contributed by atoms with van der Waals surface area (Å²) in [4.78, 5) is 12.2. The fraction of sp³-hybridized carbons (Fsp3) is 0.132. The van der Waals surface area contributed by atoms with Gasteiger partial charge in [0, 0.05) is 12.0 Å². The van der Waals surface area contributed by atoms with Crippen molar-refractivity contribution in [2.75, 3.05) is 0 Å². The van der Waals surface area contributed by atoms with E-state index in [0.717, 1.165) is 38.9 Å². The van der Waals surface area contributed by atoms with E-state index in [1.165, 1.54) is 0 Å². The molecule has 0 amide bonds. The molecule has 6 nitrogen and oxygen atoms in total. The van der Waals surface area contributed by atoms with Gasteiger partial charge >= 0.3 is 0 Å². The zero-order valence-corrected chi connectivity index (χ0v) is 24.4. The van der Waals surface area contributed by atoms with E-state index in [1.807, 2.05) is 102 Å². The van der Waals surface area contributed by atoms with Crippen molar-refractivity contribution in [3.8, 4) is 28.6 Å². The Balaban J connectivity index is 1.52. The molecule has 44 heavy (non-hydrogen) atoms. The van der Waals surface area contributed by atoms with Gasteiger partial charge in [0.15, 0.2) is 5.82 Å². The van der Waals surface area contributed by atoms with Crippen LogP contribution in [-0.4, -0.2) is 26.0 Å². The SMILES string of the molecule is CCC(=O)C(C#N)Cc1ccc(-c2ccccc2-c2nnnn2C(c2ccccc2)(c2ccccc2)c2ccccc2)cc1. The molecule has 0 N–H and O–H groups in total. The summed E-state index contributed by atoms with van der Waals surface area (Å²) in [6.45, 7) is 1.79. The maximum absolute atomic E-state index is 12.2. The van der Waals surface area contributed by atoms with Gasteiger partial charge in [-0.25, -0.2) is 4.68 Å². The zero-order valence-electron chi connectivity index (χ0n) is 24.4. The molecule has 6 rings (SSSR count). The molecule has 0 spiro atoms. The first-order chi connectivity index (χ1) is 21.7. The first-order valence-electron chi connectivity index (χ1n) is 14.7. The van der Waals surface area contributed by atoms with Crippen LogP contribution in [0, 0.1) is 17.2 Å². The van der Waals surface area contributed by atoms with Crippen molar-refractivity contribution in [3.05, 3.63) is 162 Å². The van der Waals surface area contributed by atoms with Crippen molar-refractivity contribution >= 4 is 5.78 Å². The third-order valence-electron chi connectivity index (χ3n) is 8.13. The third kappa shape index (κ3) is 5.21. The first kappa shape index (κ1) is 28.4. The maximum atomic E-state index is 12.2. The Bertz CT molecular complexity index is 1800. The molecule has 1 unspecified atom stereocenters. The van der Waals surface area contributed by atoms with Gasteiger partial charge in [0.2, 0.25) is 0 Å². The van der Waals surface area contributed by atoms with Crippen molar-refractivity contribution in [3.63, 3.8) is 0 Å². The summed E-state index contributed by atoms with van der Waals surface area (Å²) in [5.74, 6) is -0.0448. The highest BCUT2D eigenvalue weighted by molar-refractivity contribution is 5.83. The van der Waals surface area contributed by atoms with Crippen LogP contribution in [0.4, 0.5) is 0 Å². The van der Waals surface area contributed by atoms with Crippen LogP contribution in [0.3, 0.4) is 0 Å². The summed E-state index contributed by atoms with van der Waals surface area (Å²) in [7, 11) is 0. The van der Waals surface area contributed by atoms with Crippen LogP contribution in [0.5, 0.6) is 0 Å². The van der Waals surface area contributed by atoms with Gasteiger partial charge in [0.05, 0.1) is 6.07 Å². The van der Waals surface area contributed by atoms with Crippen molar-refractivity contribution in [2.45, 2.75) is 25.3 Å². The topological polar surface area (TPSA) is 84.5 Å². The molecule has 0 radical (unpaired) electrons. The largest absolute Gasteiger partial charge is 0.298 e. The smallest absolute Gasteiger partial charge is 0.184 e. The fourth-order valence-corrected chi connectivity index (χ4v) is 5.95. The minimum absolute atomic E-state index is 0.0347. The monoisotopic (exact) mass is 573 g/mol. The second-order valence-corrected chi connectivity index (χ2v) is 10.7. The van der Waals surface area contributed by atoms with E-state index in [-0.39, 0.29) is 5.78 Å². The molecule has 1 heterocycles. The van der Waals surface area contributed by atoms with Crippen LogP contribution >= 0.6 is 0 Å². The Labute approximate surface area is 257 Å². The number of nitriles is 1. The van der Waals surface area contributed by atoms with Crippen LogP contribution in [-0.2, 0) is 16.8 Å². The molecular formula is C38H31N5O. The number of ketones is 1.